The SMILES string of the molecule is NC(=O)c1cccc(C=Cc2cccc(OS(=O)(=O)C(F)(F)F)c2)c1. The molecule has 2 N–H and O–H groups in total. The van der Waals surface area contributed by atoms with E-state index in [1.54, 1.807) is 24.3 Å². The van der Waals surface area contributed by atoms with Crippen molar-refractivity contribution < 1.29 is 30.6 Å². The highest BCUT2D eigenvalue weighted by Gasteiger charge is 2.48. The molecule has 5 nitrogen and oxygen atoms in total. The van der Waals surface area contributed by atoms with Crippen LogP contribution in [0.2, 0.25) is 0 Å². The van der Waals surface area contributed by atoms with Crippen molar-refractivity contribution in [3.05, 3.63) is 65.2 Å². The van der Waals surface area contributed by atoms with Gasteiger partial charge in [-0.3, -0.25) is 4.79 Å². The van der Waals surface area contributed by atoms with Crippen molar-refractivity contribution in [3.8, 4) is 5.75 Å². The Bertz CT molecular complexity index is 921. The molecule has 0 aliphatic carbocycles. The number of hydrogen-bond acceptors (Lipinski definition) is 4. The van der Waals surface area contributed by atoms with Crippen LogP contribution >= 0.6 is 0 Å². The molecule has 9 heteroatoms. The molecule has 0 saturated heterocycles. The van der Waals surface area contributed by atoms with Gasteiger partial charge in [-0.05, 0) is 35.4 Å². The molecular weight excluding hydrogens is 359 g/mol. The summed E-state index contributed by atoms with van der Waals surface area (Å²) in [5.41, 5.74) is 1.00. The number of nitrogens with two attached hydrogens (primary N) is 1. The third-order valence-electron chi connectivity index (χ3n) is 2.99. The summed E-state index contributed by atoms with van der Waals surface area (Å²) in [6.45, 7) is 0. The van der Waals surface area contributed by atoms with E-state index in [0.717, 1.165) is 12.1 Å². The molecular formula is C16H12F3NO4S. The van der Waals surface area contributed by atoms with Crippen LogP contribution in [0.4, 0.5) is 13.2 Å². The van der Waals surface area contributed by atoms with Gasteiger partial charge < -0.3 is 9.92 Å². The Morgan fingerprint density at radius 2 is 1.56 bits per heavy atom. The molecule has 0 radical (unpaired) electrons. The Balaban J connectivity index is 2.22. The summed E-state index contributed by atoms with van der Waals surface area (Å²) in [6, 6.07) is 11.5. The number of benzene rings is 2. The lowest BCUT2D eigenvalue weighted by Crippen LogP contribution is -2.28. The Hall–Kier alpha value is -2.81. The molecule has 0 heterocycles. The summed E-state index contributed by atoms with van der Waals surface area (Å²) in [5.74, 6) is -1.06. The smallest absolute Gasteiger partial charge is 0.376 e. The first kappa shape index (κ1) is 18.5. The Kier molecular flexibility index (Phi) is 5.17. The van der Waals surface area contributed by atoms with E-state index in [1.807, 2.05) is 0 Å². The lowest BCUT2D eigenvalue weighted by molar-refractivity contribution is -0.0500. The predicted octanol–water partition coefficient (Wildman–Crippen LogP) is 3.18. The minimum Gasteiger partial charge on any atom is -0.376 e. The van der Waals surface area contributed by atoms with Crippen molar-refractivity contribution in [2.75, 3.05) is 0 Å². The second-order valence-electron chi connectivity index (χ2n) is 4.88. The van der Waals surface area contributed by atoms with Crippen molar-refractivity contribution >= 4 is 28.2 Å². The highest BCUT2D eigenvalue weighted by Crippen LogP contribution is 2.27. The first-order valence-corrected chi connectivity index (χ1v) is 8.18. The highest BCUT2D eigenvalue weighted by atomic mass is 32.2. The fourth-order valence-electron chi connectivity index (χ4n) is 1.83. The molecule has 0 fully saturated rings. The number of rotatable bonds is 5. The fourth-order valence-corrected chi connectivity index (χ4v) is 2.28. The third kappa shape index (κ3) is 4.83. The average molecular weight is 371 g/mol. The van der Waals surface area contributed by atoms with Gasteiger partial charge in [-0.15, -0.1) is 0 Å². The molecule has 2 aromatic rings. The van der Waals surface area contributed by atoms with Crippen molar-refractivity contribution in [1.82, 2.24) is 0 Å². The van der Waals surface area contributed by atoms with E-state index in [9.17, 15) is 26.4 Å². The van der Waals surface area contributed by atoms with E-state index >= 15 is 0 Å². The summed E-state index contributed by atoms with van der Waals surface area (Å²) >= 11 is 0. The lowest BCUT2D eigenvalue weighted by atomic mass is 10.1. The van der Waals surface area contributed by atoms with Crippen LogP contribution in [0.25, 0.3) is 12.2 Å². The number of carbonyl (C=O) groups is 1. The number of carbonyl (C=O) groups excluding carboxylic acids is 1. The molecule has 2 aromatic carbocycles. The summed E-state index contributed by atoms with van der Waals surface area (Å²) in [4.78, 5) is 11.1. The van der Waals surface area contributed by atoms with Gasteiger partial charge >= 0.3 is 15.6 Å². The van der Waals surface area contributed by atoms with Gasteiger partial charge in [0.2, 0.25) is 5.91 Å². The van der Waals surface area contributed by atoms with Gasteiger partial charge in [0.25, 0.3) is 0 Å². The van der Waals surface area contributed by atoms with Crippen LogP contribution in [0.5, 0.6) is 5.75 Å². The minimum absolute atomic E-state index is 0.301. The second-order valence-corrected chi connectivity index (χ2v) is 6.42. The zero-order valence-electron chi connectivity index (χ0n) is 12.5. The van der Waals surface area contributed by atoms with Gasteiger partial charge in [0.05, 0.1) is 0 Å². The van der Waals surface area contributed by atoms with Crippen LogP contribution in [0, 0.1) is 0 Å². The van der Waals surface area contributed by atoms with E-state index < -0.39 is 27.3 Å². The molecule has 0 aliphatic rings. The number of amides is 1. The standard InChI is InChI=1S/C16H12F3NO4S/c17-16(18,19)25(22,23)24-14-6-2-4-12(10-14)8-7-11-3-1-5-13(9-11)15(20)21/h1-10H,(H2,20,21). The van der Waals surface area contributed by atoms with Gasteiger partial charge in [0.1, 0.15) is 5.75 Å². The van der Waals surface area contributed by atoms with E-state index in [-0.39, 0.29) is 0 Å². The molecule has 0 aromatic heterocycles. The molecule has 0 unspecified atom stereocenters. The molecule has 1 amide bonds. The summed E-state index contributed by atoms with van der Waals surface area (Å²) in [5, 5.41) is 0. The van der Waals surface area contributed by atoms with E-state index in [2.05, 4.69) is 4.18 Å². The van der Waals surface area contributed by atoms with Gasteiger partial charge in [-0.1, -0.05) is 36.4 Å². The molecule has 0 saturated carbocycles. The number of halogens is 3. The zero-order chi connectivity index (χ0) is 18.7. The Morgan fingerprint density at radius 3 is 2.12 bits per heavy atom. The number of primary amides is 1. The average Bonchev–Trinajstić information content (AvgIpc) is 2.52. The maximum Gasteiger partial charge on any atom is 0.534 e. The minimum atomic E-state index is -5.73. The van der Waals surface area contributed by atoms with Crippen molar-refractivity contribution in [1.29, 1.82) is 0 Å². The van der Waals surface area contributed by atoms with Crippen molar-refractivity contribution in [3.63, 3.8) is 0 Å². The summed E-state index contributed by atoms with van der Waals surface area (Å²) in [6.07, 6.45) is 3.11. The molecule has 2 rings (SSSR count). The lowest BCUT2D eigenvalue weighted by Gasteiger charge is -2.09. The maximum absolute atomic E-state index is 12.3. The summed E-state index contributed by atoms with van der Waals surface area (Å²) in [7, 11) is -5.73. The first-order chi connectivity index (χ1) is 11.6. The zero-order valence-corrected chi connectivity index (χ0v) is 13.3. The normalized spacial score (nSPS) is 12.3. The number of alkyl halides is 3. The van der Waals surface area contributed by atoms with Crippen LogP contribution in [-0.4, -0.2) is 19.8 Å². The van der Waals surface area contributed by atoms with Gasteiger partial charge in [0.15, 0.2) is 0 Å². The molecule has 0 spiro atoms. The van der Waals surface area contributed by atoms with E-state index in [0.29, 0.717) is 16.7 Å². The predicted molar refractivity (Wildman–Crippen MR) is 85.9 cm³/mol. The maximum atomic E-state index is 12.3. The first-order valence-electron chi connectivity index (χ1n) is 6.77. The fraction of sp³-hybridized carbons (Fsp3) is 0.0625. The van der Waals surface area contributed by atoms with E-state index in [4.69, 9.17) is 5.73 Å². The van der Waals surface area contributed by atoms with Crippen molar-refractivity contribution in [2.24, 2.45) is 5.73 Å². The van der Waals surface area contributed by atoms with Crippen molar-refractivity contribution in [2.45, 2.75) is 5.51 Å². The monoisotopic (exact) mass is 371 g/mol. The van der Waals surface area contributed by atoms with Crippen LogP contribution in [-0.2, 0) is 10.1 Å². The van der Waals surface area contributed by atoms with Gasteiger partial charge in [0, 0.05) is 5.56 Å². The van der Waals surface area contributed by atoms with E-state index in [1.165, 1.54) is 24.3 Å². The largest absolute Gasteiger partial charge is 0.534 e. The van der Waals surface area contributed by atoms with Crippen LogP contribution in [0.15, 0.2) is 48.5 Å². The Morgan fingerprint density at radius 1 is 1.00 bits per heavy atom. The summed E-state index contributed by atoms with van der Waals surface area (Å²) < 4.78 is 63.1. The topological polar surface area (TPSA) is 86.5 Å². The molecule has 0 atom stereocenters. The highest BCUT2D eigenvalue weighted by molar-refractivity contribution is 7.88. The quantitative estimate of drug-likeness (QED) is 0.497. The number of hydrogen-bond donors (Lipinski definition) is 1. The molecule has 0 bridgehead atoms. The molecule has 25 heavy (non-hydrogen) atoms. The van der Waals surface area contributed by atoms with Crippen LogP contribution in [0.3, 0.4) is 0 Å². The van der Waals surface area contributed by atoms with Crippen LogP contribution < -0.4 is 9.92 Å². The van der Waals surface area contributed by atoms with Crippen LogP contribution in [0.1, 0.15) is 21.5 Å². The van der Waals surface area contributed by atoms with Gasteiger partial charge in [-0.25, -0.2) is 0 Å². The second kappa shape index (κ2) is 6.98. The molecule has 132 valence electrons. The third-order valence-corrected chi connectivity index (χ3v) is 3.97. The van der Waals surface area contributed by atoms with Gasteiger partial charge in [-0.2, -0.15) is 21.6 Å². The Labute approximate surface area is 141 Å². The molecule has 0 aliphatic heterocycles.